The van der Waals surface area contributed by atoms with Crippen LogP contribution in [0.15, 0.2) is 18.5 Å². The summed E-state index contributed by atoms with van der Waals surface area (Å²) in [5.41, 5.74) is 0.469. The Morgan fingerprint density at radius 1 is 1.48 bits per heavy atom. The third kappa shape index (κ3) is 3.51. The Hall–Kier alpha value is -2.11. The molecular weight excluding hydrogens is 272 g/mol. The minimum atomic E-state index is -0.240. The van der Waals surface area contributed by atoms with Gasteiger partial charge in [0.1, 0.15) is 5.75 Å². The van der Waals surface area contributed by atoms with Crippen LogP contribution in [0.5, 0.6) is 5.75 Å². The Balaban J connectivity index is 2.10. The highest BCUT2D eigenvalue weighted by Gasteiger charge is 2.30. The van der Waals surface area contributed by atoms with E-state index in [1.165, 1.54) is 13.3 Å². The van der Waals surface area contributed by atoms with Crippen molar-refractivity contribution in [2.24, 2.45) is 5.92 Å². The van der Waals surface area contributed by atoms with Gasteiger partial charge in [-0.05, 0) is 25.8 Å². The molecule has 0 aromatic carbocycles. The normalized spacial score (nSPS) is 18.2. The molecule has 1 aliphatic rings. The standard InChI is InChI=1S/C15H20N2O4/c1-3-21-15(19)11-5-4-8-17(10-11)14(18)12-6-7-16-9-13(12)20-2/h6-7,9,11H,3-5,8,10H2,1-2H3/t11-/m0/s1. The zero-order valence-electron chi connectivity index (χ0n) is 12.4. The van der Waals surface area contributed by atoms with Crippen LogP contribution < -0.4 is 4.74 Å². The third-order valence-corrected chi connectivity index (χ3v) is 3.56. The topological polar surface area (TPSA) is 68.7 Å². The van der Waals surface area contributed by atoms with Crippen molar-refractivity contribution in [1.82, 2.24) is 9.88 Å². The van der Waals surface area contributed by atoms with Crippen LogP contribution in [0.2, 0.25) is 0 Å². The highest BCUT2D eigenvalue weighted by Crippen LogP contribution is 2.23. The number of methoxy groups -OCH3 is 1. The number of aromatic nitrogens is 1. The molecule has 1 aromatic rings. The van der Waals surface area contributed by atoms with Gasteiger partial charge in [0.15, 0.2) is 0 Å². The van der Waals surface area contributed by atoms with Crippen molar-refractivity contribution in [2.45, 2.75) is 19.8 Å². The highest BCUT2D eigenvalue weighted by atomic mass is 16.5. The summed E-state index contributed by atoms with van der Waals surface area (Å²) in [4.78, 5) is 30.0. The molecule has 0 radical (unpaired) electrons. The smallest absolute Gasteiger partial charge is 0.310 e. The van der Waals surface area contributed by atoms with Gasteiger partial charge in [-0.1, -0.05) is 0 Å². The van der Waals surface area contributed by atoms with Gasteiger partial charge < -0.3 is 14.4 Å². The number of piperidine rings is 1. The lowest BCUT2D eigenvalue weighted by Crippen LogP contribution is -2.42. The van der Waals surface area contributed by atoms with Crippen LogP contribution in [-0.2, 0) is 9.53 Å². The van der Waals surface area contributed by atoms with Crippen LogP contribution in [0.4, 0.5) is 0 Å². The molecule has 21 heavy (non-hydrogen) atoms. The molecular formula is C15H20N2O4. The van der Waals surface area contributed by atoms with Crippen LogP contribution in [0, 0.1) is 5.92 Å². The number of pyridine rings is 1. The Kier molecular flexibility index (Phi) is 5.14. The van der Waals surface area contributed by atoms with E-state index in [0.29, 0.717) is 31.0 Å². The quantitative estimate of drug-likeness (QED) is 0.787. The zero-order chi connectivity index (χ0) is 15.2. The zero-order valence-corrected chi connectivity index (χ0v) is 12.4. The molecule has 1 aromatic heterocycles. The first kappa shape index (κ1) is 15.3. The van der Waals surface area contributed by atoms with Gasteiger partial charge >= 0.3 is 5.97 Å². The molecule has 1 saturated heterocycles. The molecule has 2 heterocycles. The molecule has 2 rings (SSSR count). The van der Waals surface area contributed by atoms with Crippen LogP contribution in [0.25, 0.3) is 0 Å². The highest BCUT2D eigenvalue weighted by molar-refractivity contribution is 5.97. The minimum absolute atomic E-state index is 0.136. The Bertz CT molecular complexity index is 518. The van der Waals surface area contributed by atoms with Gasteiger partial charge in [-0.15, -0.1) is 0 Å². The summed E-state index contributed by atoms with van der Waals surface area (Å²) in [7, 11) is 1.51. The van der Waals surface area contributed by atoms with Crippen LogP contribution >= 0.6 is 0 Å². The van der Waals surface area contributed by atoms with Gasteiger partial charge in [0.25, 0.3) is 5.91 Å². The SMILES string of the molecule is CCOC(=O)[C@H]1CCCN(C(=O)c2ccncc2OC)C1. The predicted molar refractivity (Wildman–Crippen MR) is 76.0 cm³/mol. The fourth-order valence-corrected chi connectivity index (χ4v) is 2.50. The number of carbonyl (C=O) groups excluding carboxylic acids is 2. The number of amides is 1. The van der Waals surface area contributed by atoms with Gasteiger partial charge in [0.2, 0.25) is 0 Å². The second kappa shape index (κ2) is 7.06. The molecule has 1 atom stereocenters. The summed E-state index contributed by atoms with van der Waals surface area (Å²) in [5.74, 6) is -0.156. The van der Waals surface area contributed by atoms with Gasteiger partial charge in [-0.3, -0.25) is 14.6 Å². The molecule has 0 unspecified atom stereocenters. The van der Waals surface area contributed by atoms with E-state index in [1.54, 1.807) is 24.1 Å². The van der Waals surface area contributed by atoms with E-state index >= 15 is 0 Å². The summed E-state index contributed by atoms with van der Waals surface area (Å²) < 4.78 is 10.2. The fraction of sp³-hybridized carbons (Fsp3) is 0.533. The molecule has 1 fully saturated rings. The maximum absolute atomic E-state index is 12.6. The van der Waals surface area contributed by atoms with Crippen molar-refractivity contribution < 1.29 is 19.1 Å². The van der Waals surface area contributed by atoms with Crippen LogP contribution in [0.3, 0.4) is 0 Å². The first-order chi connectivity index (χ1) is 10.2. The van der Waals surface area contributed by atoms with E-state index in [0.717, 1.165) is 12.8 Å². The largest absolute Gasteiger partial charge is 0.494 e. The molecule has 0 N–H and O–H groups in total. The van der Waals surface area contributed by atoms with Crippen LogP contribution in [-0.4, -0.2) is 48.6 Å². The van der Waals surface area contributed by atoms with Gasteiger partial charge in [-0.25, -0.2) is 0 Å². The average Bonchev–Trinajstić information content (AvgIpc) is 2.54. The van der Waals surface area contributed by atoms with E-state index in [-0.39, 0.29) is 17.8 Å². The second-order valence-corrected chi connectivity index (χ2v) is 4.92. The molecule has 0 aliphatic carbocycles. The summed E-state index contributed by atoms with van der Waals surface area (Å²) in [5, 5.41) is 0. The van der Waals surface area contributed by atoms with Gasteiger partial charge in [0.05, 0.1) is 31.4 Å². The number of rotatable bonds is 4. The molecule has 6 heteroatoms. The molecule has 114 valence electrons. The summed E-state index contributed by atoms with van der Waals surface area (Å²) in [6.07, 6.45) is 4.63. The molecule has 1 aliphatic heterocycles. The summed E-state index contributed by atoms with van der Waals surface area (Å²) in [6.45, 7) is 3.18. The lowest BCUT2D eigenvalue weighted by molar-refractivity contribution is -0.149. The number of hydrogen-bond acceptors (Lipinski definition) is 5. The minimum Gasteiger partial charge on any atom is -0.494 e. The molecule has 0 bridgehead atoms. The van der Waals surface area contributed by atoms with Gasteiger partial charge in [0, 0.05) is 19.3 Å². The van der Waals surface area contributed by atoms with E-state index in [2.05, 4.69) is 4.98 Å². The van der Waals surface area contributed by atoms with E-state index in [9.17, 15) is 9.59 Å². The number of carbonyl (C=O) groups is 2. The molecule has 0 saturated carbocycles. The van der Waals surface area contributed by atoms with E-state index < -0.39 is 0 Å². The lowest BCUT2D eigenvalue weighted by Gasteiger charge is -2.31. The number of likely N-dealkylation sites (tertiary alicyclic amines) is 1. The second-order valence-electron chi connectivity index (χ2n) is 4.92. The van der Waals surface area contributed by atoms with E-state index in [4.69, 9.17) is 9.47 Å². The molecule has 1 amide bonds. The van der Waals surface area contributed by atoms with Gasteiger partial charge in [-0.2, -0.15) is 0 Å². The molecule has 6 nitrogen and oxygen atoms in total. The first-order valence-corrected chi connectivity index (χ1v) is 7.11. The Morgan fingerprint density at radius 3 is 3.00 bits per heavy atom. The summed E-state index contributed by atoms with van der Waals surface area (Å²) >= 11 is 0. The lowest BCUT2D eigenvalue weighted by atomic mass is 9.97. The van der Waals surface area contributed by atoms with Crippen LogP contribution in [0.1, 0.15) is 30.1 Å². The number of nitrogens with zero attached hydrogens (tertiary/aromatic N) is 2. The maximum Gasteiger partial charge on any atom is 0.310 e. The Labute approximate surface area is 124 Å². The van der Waals surface area contributed by atoms with Crippen molar-refractivity contribution in [1.29, 1.82) is 0 Å². The molecule has 0 spiro atoms. The maximum atomic E-state index is 12.6. The van der Waals surface area contributed by atoms with Crippen molar-refractivity contribution in [3.8, 4) is 5.75 Å². The predicted octanol–water partition coefficient (Wildman–Crippen LogP) is 1.51. The Morgan fingerprint density at radius 2 is 2.29 bits per heavy atom. The monoisotopic (exact) mass is 292 g/mol. The third-order valence-electron chi connectivity index (χ3n) is 3.56. The number of ether oxygens (including phenoxy) is 2. The van der Waals surface area contributed by atoms with Crippen molar-refractivity contribution in [2.75, 3.05) is 26.8 Å². The number of hydrogen-bond donors (Lipinski definition) is 0. The van der Waals surface area contributed by atoms with Crippen molar-refractivity contribution in [3.05, 3.63) is 24.0 Å². The average molecular weight is 292 g/mol. The first-order valence-electron chi connectivity index (χ1n) is 7.11. The fourth-order valence-electron chi connectivity index (χ4n) is 2.50. The number of esters is 1. The summed E-state index contributed by atoms with van der Waals surface area (Å²) in [6, 6.07) is 1.63. The van der Waals surface area contributed by atoms with E-state index in [1.807, 2.05) is 0 Å². The van der Waals surface area contributed by atoms with Crippen molar-refractivity contribution in [3.63, 3.8) is 0 Å². The van der Waals surface area contributed by atoms with Crippen molar-refractivity contribution >= 4 is 11.9 Å².